The maximum atomic E-state index is 13.9. The van der Waals surface area contributed by atoms with Crippen LogP contribution >= 0.6 is 11.8 Å². The maximum absolute atomic E-state index is 13.9. The van der Waals surface area contributed by atoms with Crippen LogP contribution in [0.1, 0.15) is 41.6 Å². The van der Waals surface area contributed by atoms with Gasteiger partial charge in [0, 0.05) is 31.0 Å². The first-order valence-corrected chi connectivity index (χ1v) is 17.0. The van der Waals surface area contributed by atoms with Crippen molar-refractivity contribution >= 4 is 29.3 Å². The van der Waals surface area contributed by atoms with Gasteiger partial charge in [0.1, 0.15) is 12.4 Å². The Morgan fingerprint density at radius 1 is 0.962 bits per heavy atom. The number of benzene rings is 3. The number of nitrogens with zero attached hydrogens (tertiary/aromatic N) is 4. The molecule has 0 radical (unpaired) electrons. The van der Waals surface area contributed by atoms with E-state index in [1.807, 2.05) is 54.4 Å². The van der Waals surface area contributed by atoms with Crippen LogP contribution in [0.3, 0.4) is 0 Å². The molecule has 10 nitrogen and oxygen atoms in total. The first kappa shape index (κ1) is 40.7. The topological polar surface area (TPSA) is 136 Å². The van der Waals surface area contributed by atoms with Gasteiger partial charge >= 0.3 is 18.3 Å². The van der Waals surface area contributed by atoms with Crippen molar-refractivity contribution < 1.29 is 51.3 Å². The molecule has 3 N–H and O–H groups in total. The molecule has 1 aliphatic carbocycles. The van der Waals surface area contributed by atoms with Crippen LogP contribution in [-0.4, -0.2) is 68.5 Å². The number of hydrogen-bond donors (Lipinski definition) is 1. The Hall–Kier alpha value is -5.03. The summed E-state index contributed by atoms with van der Waals surface area (Å²) in [6.07, 6.45) is -5.48. The molecule has 4 aromatic rings. The van der Waals surface area contributed by atoms with Gasteiger partial charge in [0.15, 0.2) is 5.16 Å². The average molecular weight is 767 g/mol. The zero-order chi connectivity index (χ0) is 37.6. The number of hydrogen-bond acceptors (Lipinski definition) is 7. The van der Waals surface area contributed by atoms with Crippen molar-refractivity contribution in [1.29, 1.82) is 0 Å². The van der Waals surface area contributed by atoms with Crippen molar-refractivity contribution in [3.05, 3.63) is 112 Å². The van der Waals surface area contributed by atoms with E-state index in [0.717, 1.165) is 47.2 Å². The van der Waals surface area contributed by atoms with Gasteiger partial charge in [0.25, 0.3) is 5.56 Å². The molecule has 0 bridgehead atoms. The Bertz CT molecular complexity index is 1920. The predicted octanol–water partition coefficient (Wildman–Crippen LogP) is 6.30. The van der Waals surface area contributed by atoms with Crippen LogP contribution in [0.4, 0.5) is 32.0 Å². The summed E-state index contributed by atoms with van der Waals surface area (Å²) < 4.78 is 77.5. The normalized spacial score (nSPS) is 14.1. The molecule has 2 aliphatic rings. The Morgan fingerprint density at radius 2 is 1.58 bits per heavy atom. The molecule has 3 aromatic carbocycles. The molecule has 0 unspecified atom stereocenters. The SMILES string of the molecule is CN(CC(=O)N1CCc2nc(SC3CCC3)n(-c3ccccc3)c(=O)c2C1)c1ccc(OCc2ccc(C(F)(F)F)cc2)cc1.O.O=C(O)C(F)(F)F. The number of carboxylic acid groups (broad SMARTS) is 1. The summed E-state index contributed by atoms with van der Waals surface area (Å²) in [5.41, 5.74) is 2.72. The summed E-state index contributed by atoms with van der Waals surface area (Å²) in [6.45, 7) is 0.957. The monoisotopic (exact) mass is 766 g/mol. The summed E-state index contributed by atoms with van der Waals surface area (Å²) in [5, 5.41) is 8.32. The second-order valence-corrected chi connectivity index (χ2v) is 13.4. The number of carboxylic acids is 1. The lowest BCUT2D eigenvalue weighted by atomic mass is 10.0. The number of likely N-dealkylation sites (N-methyl/N-ethyl adjacent to an activating group) is 1. The molecule has 1 amide bonds. The van der Waals surface area contributed by atoms with Gasteiger partial charge in [0.05, 0.1) is 35.6 Å². The van der Waals surface area contributed by atoms with Crippen LogP contribution in [0.5, 0.6) is 5.75 Å². The van der Waals surface area contributed by atoms with Gasteiger partial charge in [-0.2, -0.15) is 26.3 Å². The molecule has 284 valence electrons. The smallest absolute Gasteiger partial charge is 0.489 e. The number of thioether (sulfide) groups is 1. The minimum atomic E-state index is -5.08. The van der Waals surface area contributed by atoms with Gasteiger partial charge in [0.2, 0.25) is 5.91 Å². The van der Waals surface area contributed by atoms with Crippen molar-refractivity contribution in [1.82, 2.24) is 14.5 Å². The lowest BCUT2D eigenvalue weighted by molar-refractivity contribution is -0.192. The number of aliphatic carboxylic acids is 1. The van der Waals surface area contributed by atoms with E-state index < -0.39 is 23.9 Å². The highest BCUT2D eigenvalue weighted by Gasteiger charge is 2.38. The molecule has 0 saturated heterocycles. The zero-order valence-electron chi connectivity index (χ0n) is 28.3. The highest BCUT2D eigenvalue weighted by molar-refractivity contribution is 7.99. The maximum Gasteiger partial charge on any atom is 0.490 e. The van der Waals surface area contributed by atoms with Crippen LogP contribution in [0, 0.1) is 0 Å². The number of alkyl halides is 6. The van der Waals surface area contributed by atoms with Gasteiger partial charge in [-0.15, -0.1) is 0 Å². The third kappa shape index (κ3) is 10.5. The third-order valence-corrected chi connectivity index (χ3v) is 9.76. The number of halogens is 6. The van der Waals surface area contributed by atoms with E-state index in [9.17, 15) is 35.9 Å². The quantitative estimate of drug-likeness (QED) is 0.155. The Labute approximate surface area is 304 Å². The number of ether oxygens (including phenoxy) is 1. The number of rotatable bonds is 9. The summed E-state index contributed by atoms with van der Waals surface area (Å²) in [4.78, 5) is 44.7. The number of para-hydroxylation sites is 1. The van der Waals surface area contributed by atoms with E-state index in [-0.39, 0.29) is 36.6 Å². The lowest BCUT2D eigenvalue weighted by Gasteiger charge is -2.31. The molecular formula is C36H36F6N4O6S. The molecule has 1 saturated carbocycles. The number of carbonyl (C=O) groups excluding carboxylic acids is 1. The molecule has 1 fully saturated rings. The summed E-state index contributed by atoms with van der Waals surface area (Å²) in [7, 11) is 1.82. The van der Waals surface area contributed by atoms with Crippen molar-refractivity contribution in [2.75, 3.05) is 25.0 Å². The van der Waals surface area contributed by atoms with Gasteiger partial charge < -0.3 is 25.1 Å². The fourth-order valence-corrected chi connectivity index (χ4v) is 6.66. The average Bonchev–Trinajstić information content (AvgIpc) is 3.09. The van der Waals surface area contributed by atoms with Crippen molar-refractivity contribution in [2.45, 2.75) is 61.6 Å². The van der Waals surface area contributed by atoms with E-state index in [1.54, 1.807) is 33.4 Å². The Balaban J connectivity index is 0.000000715. The fraction of sp³-hybridized carbons (Fsp3) is 0.333. The fourth-order valence-electron chi connectivity index (χ4n) is 5.34. The van der Waals surface area contributed by atoms with Crippen LogP contribution in [0.15, 0.2) is 88.8 Å². The molecule has 1 aliphatic heterocycles. The van der Waals surface area contributed by atoms with Crippen LogP contribution in [0.25, 0.3) is 5.69 Å². The third-order valence-electron chi connectivity index (χ3n) is 8.47. The van der Waals surface area contributed by atoms with Gasteiger partial charge in [-0.3, -0.25) is 14.2 Å². The van der Waals surface area contributed by atoms with E-state index in [1.165, 1.54) is 18.6 Å². The minimum Gasteiger partial charge on any atom is -0.489 e. The van der Waals surface area contributed by atoms with Crippen LogP contribution in [-0.2, 0) is 35.3 Å². The summed E-state index contributed by atoms with van der Waals surface area (Å²) in [5.74, 6) is -2.29. The molecule has 2 heterocycles. The molecule has 17 heteroatoms. The van der Waals surface area contributed by atoms with E-state index in [4.69, 9.17) is 19.6 Å². The minimum absolute atomic E-state index is 0. The molecule has 0 atom stereocenters. The van der Waals surface area contributed by atoms with Crippen LogP contribution < -0.4 is 15.2 Å². The van der Waals surface area contributed by atoms with E-state index >= 15 is 0 Å². The molecular weight excluding hydrogens is 730 g/mol. The first-order chi connectivity index (χ1) is 24.6. The summed E-state index contributed by atoms with van der Waals surface area (Å²) in [6, 6.07) is 21.6. The molecule has 6 rings (SSSR count). The predicted molar refractivity (Wildman–Crippen MR) is 185 cm³/mol. The number of fused-ring (bicyclic) bond motifs is 1. The van der Waals surface area contributed by atoms with Gasteiger partial charge in [-0.25, -0.2) is 9.78 Å². The second kappa shape index (κ2) is 17.2. The second-order valence-electron chi connectivity index (χ2n) is 12.2. The number of aromatic nitrogens is 2. The largest absolute Gasteiger partial charge is 0.490 e. The molecule has 53 heavy (non-hydrogen) atoms. The first-order valence-electron chi connectivity index (χ1n) is 16.1. The van der Waals surface area contributed by atoms with E-state index in [2.05, 4.69) is 0 Å². The zero-order valence-corrected chi connectivity index (χ0v) is 29.1. The van der Waals surface area contributed by atoms with Gasteiger partial charge in [-0.1, -0.05) is 48.5 Å². The highest BCUT2D eigenvalue weighted by atomic mass is 32.2. The Kier molecular flexibility index (Phi) is 13.2. The summed E-state index contributed by atoms with van der Waals surface area (Å²) >= 11 is 1.67. The van der Waals surface area contributed by atoms with Crippen molar-refractivity contribution in [2.24, 2.45) is 0 Å². The number of carbonyl (C=O) groups is 2. The highest BCUT2D eigenvalue weighted by Crippen LogP contribution is 2.36. The van der Waals surface area contributed by atoms with E-state index in [0.29, 0.717) is 35.1 Å². The van der Waals surface area contributed by atoms with Crippen LogP contribution in [0.2, 0.25) is 0 Å². The van der Waals surface area contributed by atoms with Crippen molar-refractivity contribution in [3.63, 3.8) is 0 Å². The standard InChI is InChI=1S/C34H33F3N4O3S.C2HF3O2.H2O/c1-39(25-14-16-27(17-15-25)44-22-23-10-12-24(13-11-23)34(35,36)37)21-31(42)40-19-18-30-29(20-40)32(43)41(26-6-3-2-4-7-26)33(38-30)45-28-8-5-9-28;3-2(4,5)1(6)7;/h2-4,6-7,10-17,28H,5,8-9,18-22H2,1H3;(H,6,7);1H2. The Morgan fingerprint density at radius 3 is 2.13 bits per heavy atom. The number of amides is 1. The number of anilines is 1. The molecule has 1 aromatic heterocycles. The van der Waals surface area contributed by atoms with Gasteiger partial charge in [-0.05, 0) is 66.9 Å². The van der Waals surface area contributed by atoms with Crippen molar-refractivity contribution in [3.8, 4) is 11.4 Å². The lowest BCUT2D eigenvalue weighted by Crippen LogP contribution is -2.44. The molecule has 0 spiro atoms.